The minimum Gasteiger partial charge on any atom is -0.508 e. The second-order valence-corrected chi connectivity index (χ2v) is 4.97. The number of aromatic hydroxyl groups is 2. The number of nitrogens with one attached hydrogen (secondary N) is 1. The molecule has 19 heavy (non-hydrogen) atoms. The first kappa shape index (κ1) is 14.0. The second-order valence-electron chi connectivity index (χ2n) is 4.13. The van der Waals surface area contributed by atoms with Crippen LogP contribution in [0.4, 0.5) is 0 Å². The molecule has 0 saturated heterocycles. The van der Waals surface area contributed by atoms with Crippen molar-refractivity contribution in [2.75, 3.05) is 0 Å². The van der Waals surface area contributed by atoms with Gasteiger partial charge in [-0.3, -0.25) is 0 Å². The molecule has 2 rings (SSSR count). The maximum atomic E-state index is 9.79. The molecule has 0 aliphatic heterocycles. The molecule has 2 aromatic carbocycles. The number of hydrogen-bond donors (Lipinski definition) is 3. The number of benzene rings is 2. The molecular formula is C14H13Cl2NO2. The SMILES string of the molecule is Oc1ccccc1CNCc1cc(Cl)cc(Cl)c1O. The third-order valence-electron chi connectivity index (χ3n) is 2.73. The molecule has 0 saturated carbocycles. The Morgan fingerprint density at radius 3 is 2.37 bits per heavy atom. The molecule has 0 spiro atoms. The quantitative estimate of drug-likeness (QED) is 0.807. The van der Waals surface area contributed by atoms with Crippen LogP contribution in [0, 0.1) is 0 Å². The van der Waals surface area contributed by atoms with E-state index < -0.39 is 0 Å². The highest BCUT2D eigenvalue weighted by atomic mass is 35.5. The predicted molar refractivity (Wildman–Crippen MR) is 76.8 cm³/mol. The van der Waals surface area contributed by atoms with Crippen LogP contribution in [0.1, 0.15) is 11.1 Å². The number of phenols is 2. The average molecular weight is 298 g/mol. The Labute approximate surface area is 121 Å². The van der Waals surface area contributed by atoms with Gasteiger partial charge in [0.25, 0.3) is 0 Å². The van der Waals surface area contributed by atoms with Gasteiger partial charge in [0.15, 0.2) is 0 Å². The van der Waals surface area contributed by atoms with E-state index in [1.165, 1.54) is 6.07 Å². The maximum absolute atomic E-state index is 9.79. The first-order valence-electron chi connectivity index (χ1n) is 5.72. The summed E-state index contributed by atoms with van der Waals surface area (Å²) in [5, 5.41) is 23.2. The summed E-state index contributed by atoms with van der Waals surface area (Å²) in [4.78, 5) is 0. The number of hydrogen-bond acceptors (Lipinski definition) is 3. The molecule has 0 amide bonds. The molecule has 0 radical (unpaired) electrons. The van der Waals surface area contributed by atoms with Crippen LogP contribution >= 0.6 is 23.2 Å². The lowest BCUT2D eigenvalue weighted by atomic mass is 10.1. The molecule has 0 aromatic heterocycles. The fraction of sp³-hybridized carbons (Fsp3) is 0.143. The van der Waals surface area contributed by atoms with Crippen LogP contribution < -0.4 is 5.32 Å². The van der Waals surface area contributed by atoms with Crippen molar-refractivity contribution in [3.63, 3.8) is 0 Å². The molecule has 100 valence electrons. The van der Waals surface area contributed by atoms with Crippen molar-refractivity contribution < 1.29 is 10.2 Å². The highest BCUT2D eigenvalue weighted by Crippen LogP contribution is 2.31. The van der Waals surface area contributed by atoms with E-state index in [0.29, 0.717) is 23.7 Å². The van der Waals surface area contributed by atoms with Gasteiger partial charge in [0.2, 0.25) is 0 Å². The lowest BCUT2D eigenvalue weighted by Gasteiger charge is -2.09. The molecule has 0 atom stereocenters. The van der Waals surface area contributed by atoms with Gasteiger partial charge in [-0.1, -0.05) is 41.4 Å². The molecule has 3 N–H and O–H groups in total. The van der Waals surface area contributed by atoms with Gasteiger partial charge >= 0.3 is 0 Å². The molecule has 5 heteroatoms. The first-order chi connectivity index (χ1) is 9.08. The van der Waals surface area contributed by atoms with Gasteiger partial charge in [-0.25, -0.2) is 0 Å². The zero-order valence-electron chi connectivity index (χ0n) is 10.0. The predicted octanol–water partition coefficient (Wildman–Crippen LogP) is 3.69. The van der Waals surface area contributed by atoms with Gasteiger partial charge in [0.1, 0.15) is 11.5 Å². The van der Waals surface area contributed by atoms with E-state index in [2.05, 4.69) is 5.32 Å². The molecule has 3 nitrogen and oxygen atoms in total. The van der Waals surface area contributed by atoms with E-state index in [1.54, 1.807) is 18.2 Å². The summed E-state index contributed by atoms with van der Waals surface area (Å²) in [6.07, 6.45) is 0. The standard InChI is InChI=1S/C14H13Cl2NO2/c15-11-5-10(14(19)12(16)6-11)8-17-7-9-3-1-2-4-13(9)18/h1-6,17-19H,7-8H2. The van der Waals surface area contributed by atoms with Gasteiger partial charge < -0.3 is 15.5 Å². The molecule has 0 aliphatic rings. The number of halogens is 2. The molecule has 0 unspecified atom stereocenters. The highest BCUT2D eigenvalue weighted by Gasteiger charge is 2.08. The fourth-order valence-electron chi connectivity index (χ4n) is 1.75. The van der Waals surface area contributed by atoms with Crippen LogP contribution in [0.5, 0.6) is 11.5 Å². The molecule has 0 bridgehead atoms. The average Bonchev–Trinajstić information content (AvgIpc) is 2.37. The monoisotopic (exact) mass is 297 g/mol. The number of phenolic OH excluding ortho intramolecular Hbond substituents is 2. The van der Waals surface area contributed by atoms with E-state index in [1.807, 2.05) is 12.1 Å². The second kappa shape index (κ2) is 6.15. The van der Waals surface area contributed by atoms with Crippen molar-refractivity contribution in [1.82, 2.24) is 5.32 Å². The lowest BCUT2D eigenvalue weighted by Crippen LogP contribution is -2.13. The van der Waals surface area contributed by atoms with Crippen LogP contribution in [0.25, 0.3) is 0 Å². The number of para-hydroxylation sites is 1. The Morgan fingerprint density at radius 1 is 0.947 bits per heavy atom. The Balaban J connectivity index is 2.02. The van der Waals surface area contributed by atoms with Crippen molar-refractivity contribution in [3.05, 3.63) is 57.6 Å². The van der Waals surface area contributed by atoms with Gasteiger partial charge in [0, 0.05) is 29.2 Å². The smallest absolute Gasteiger partial charge is 0.138 e. The third-order valence-corrected chi connectivity index (χ3v) is 3.24. The van der Waals surface area contributed by atoms with Crippen molar-refractivity contribution in [3.8, 4) is 11.5 Å². The summed E-state index contributed by atoms with van der Waals surface area (Å²) in [6, 6.07) is 10.2. The van der Waals surface area contributed by atoms with E-state index in [9.17, 15) is 10.2 Å². The van der Waals surface area contributed by atoms with Gasteiger partial charge in [-0.2, -0.15) is 0 Å². The van der Waals surface area contributed by atoms with Crippen molar-refractivity contribution >= 4 is 23.2 Å². The van der Waals surface area contributed by atoms with Crippen LogP contribution in [0.3, 0.4) is 0 Å². The van der Waals surface area contributed by atoms with Gasteiger partial charge in [0.05, 0.1) is 5.02 Å². The summed E-state index contributed by atoms with van der Waals surface area (Å²) in [7, 11) is 0. The topological polar surface area (TPSA) is 52.5 Å². The highest BCUT2D eigenvalue weighted by molar-refractivity contribution is 6.35. The zero-order chi connectivity index (χ0) is 13.8. The third kappa shape index (κ3) is 3.53. The summed E-state index contributed by atoms with van der Waals surface area (Å²) in [6.45, 7) is 0.886. The summed E-state index contributed by atoms with van der Waals surface area (Å²) in [5.41, 5.74) is 1.41. The van der Waals surface area contributed by atoms with Crippen molar-refractivity contribution in [1.29, 1.82) is 0 Å². The Hall–Kier alpha value is -1.42. The molecule has 0 fully saturated rings. The first-order valence-corrected chi connectivity index (χ1v) is 6.48. The number of rotatable bonds is 4. The normalized spacial score (nSPS) is 10.6. The van der Waals surface area contributed by atoms with Crippen molar-refractivity contribution in [2.24, 2.45) is 0 Å². The minimum absolute atomic E-state index is 0.0239. The Morgan fingerprint density at radius 2 is 1.63 bits per heavy atom. The largest absolute Gasteiger partial charge is 0.508 e. The molecular weight excluding hydrogens is 285 g/mol. The maximum Gasteiger partial charge on any atom is 0.138 e. The fourth-order valence-corrected chi connectivity index (χ4v) is 2.28. The lowest BCUT2D eigenvalue weighted by molar-refractivity contribution is 0.459. The van der Waals surface area contributed by atoms with Crippen LogP contribution in [-0.4, -0.2) is 10.2 Å². The summed E-state index contributed by atoms with van der Waals surface area (Å²) >= 11 is 11.7. The van der Waals surface area contributed by atoms with Crippen molar-refractivity contribution in [2.45, 2.75) is 13.1 Å². The Bertz CT molecular complexity index is 588. The van der Waals surface area contributed by atoms with E-state index in [4.69, 9.17) is 23.2 Å². The van der Waals surface area contributed by atoms with Gasteiger partial charge in [-0.15, -0.1) is 0 Å². The molecule has 0 heterocycles. The zero-order valence-corrected chi connectivity index (χ0v) is 11.5. The summed E-state index contributed by atoms with van der Waals surface area (Å²) < 4.78 is 0. The van der Waals surface area contributed by atoms with E-state index >= 15 is 0 Å². The van der Waals surface area contributed by atoms with Crippen LogP contribution in [0.15, 0.2) is 36.4 Å². The Kier molecular flexibility index (Phi) is 4.53. The van der Waals surface area contributed by atoms with Gasteiger partial charge in [-0.05, 0) is 18.2 Å². The van der Waals surface area contributed by atoms with E-state index in [-0.39, 0.29) is 16.5 Å². The van der Waals surface area contributed by atoms with Crippen LogP contribution in [0.2, 0.25) is 10.0 Å². The van der Waals surface area contributed by atoms with Crippen LogP contribution in [-0.2, 0) is 13.1 Å². The molecule has 2 aromatic rings. The van der Waals surface area contributed by atoms with E-state index in [0.717, 1.165) is 5.56 Å². The summed E-state index contributed by atoms with van der Waals surface area (Å²) in [5.74, 6) is 0.263. The minimum atomic E-state index is 0.0239. The molecule has 0 aliphatic carbocycles.